The zero-order chi connectivity index (χ0) is 25.7. The second kappa shape index (κ2) is 11.6. The van der Waals surface area contributed by atoms with Crippen LogP contribution >= 0.6 is 0 Å². The molecule has 2 fully saturated rings. The number of aliphatic hydroxyl groups is 1. The first-order valence-electron chi connectivity index (χ1n) is 12.5. The van der Waals surface area contributed by atoms with E-state index in [2.05, 4.69) is 4.90 Å². The summed E-state index contributed by atoms with van der Waals surface area (Å²) in [6.07, 6.45) is 0.721. The maximum absolute atomic E-state index is 13.3. The number of aliphatic hydroxyl groups excluding tert-OH is 1. The van der Waals surface area contributed by atoms with E-state index in [-0.39, 0.29) is 11.3 Å². The number of hydrogen-bond acceptors (Lipinski definition) is 7. The maximum Gasteiger partial charge on any atom is 0.295 e. The number of amides is 1. The molecule has 2 heterocycles. The fourth-order valence-corrected chi connectivity index (χ4v) is 4.76. The fraction of sp³-hybridized carbons (Fsp3) is 0.429. The molecule has 0 saturated carbocycles. The molecule has 2 aliphatic heterocycles. The number of hydrogen-bond donors (Lipinski definition) is 1. The Labute approximate surface area is 212 Å². The standard InChI is InChI=1S/C28H35N3O5/c1-4-36-23-8-5-7-21(19-23)26(32)24-25(20-9-11-22(12-10-20)29(2)3)31(28(34)27(24)33)14-6-13-30-15-17-35-18-16-30/h5,7-12,19,25,32H,4,6,13-18H2,1-3H3/b26-24+. The van der Waals surface area contributed by atoms with E-state index in [4.69, 9.17) is 9.47 Å². The second-order valence-electron chi connectivity index (χ2n) is 9.25. The Balaban J connectivity index is 1.69. The predicted molar refractivity (Wildman–Crippen MR) is 139 cm³/mol. The van der Waals surface area contributed by atoms with Crippen molar-refractivity contribution in [3.05, 3.63) is 65.2 Å². The van der Waals surface area contributed by atoms with Crippen molar-refractivity contribution >= 4 is 23.1 Å². The predicted octanol–water partition coefficient (Wildman–Crippen LogP) is 3.30. The molecule has 8 heteroatoms. The average Bonchev–Trinajstić information content (AvgIpc) is 3.14. The highest BCUT2D eigenvalue weighted by molar-refractivity contribution is 6.46. The Kier molecular flexibility index (Phi) is 8.28. The molecule has 1 unspecified atom stereocenters. The molecular weight excluding hydrogens is 458 g/mol. The summed E-state index contributed by atoms with van der Waals surface area (Å²) < 4.78 is 11.0. The van der Waals surface area contributed by atoms with E-state index in [1.54, 1.807) is 29.2 Å². The minimum atomic E-state index is -0.665. The average molecular weight is 494 g/mol. The van der Waals surface area contributed by atoms with E-state index < -0.39 is 17.7 Å². The van der Waals surface area contributed by atoms with Crippen LogP contribution in [0, 0.1) is 0 Å². The van der Waals surface area contributed by atoms with Crippen LogP contribution < -0.4 is 9.64 Å². The molecule has 8 nitrogen and oxygen atoms in total. The molecule has 0 aliphatic carbocycles. The second-order valence-corrected chi connectivity index (χ2v) is 9.25. The van der Waals surface area contributed by atoms with E-state index in [0.717, 1.165) is 37.3 Å². The summed E-state index contributed by atoms with van der Waals surface area (Å²) in [6, 6.07) is 14.1. The number of carbonyl (C=O) groups is 2. The molecular formula is C28H35N3O5. The van der Waals surface area contributed by atoms with Gasteiger partial charge >= 0.3 is 0 Å². The first-order valence-corrected chi connectivity index (χ1v) is 12.5. The number of carbonyl (C=O) groups excluding carboxylic acids is 2. The molecule has 0 spiro atoms. The van der Waals surface area contributed by atoms with Gasteiger partial charge in [0.05, 0.1) is 31.4 Å². The Morgan fingerprint density at radius 1 is 1.08 bits per heavy atom. The Bertz CT molecular complexity index is 1110. The van der Waals surface area contributed by atoms with Gasteiger partial charge in [0.2, 0.25) is 0 Å². The van der Waals surface area contributed by atoms with Crippen molar-refractivity contribution in [1.82, 2.24) is 9.80 Å². The van der Waals surface area contributed by atoms with Crippen LogP contribution in [0.25, 0.3) is 5.76 Å². The van der Waals surface area contributed by atoms with Crippen molar-refractivity contribution in [2.75, 3.05) is 65.0 Å². The summed E-state index contributed by atoms with van der Waals surface area (Å²) in [6.45, 7) is 6.75. The van der Waals surface area contributed by atoms with Gasteiger partial charge in [0.1, 0.15) is 11.5 Å². The fourth-order valence-electron chi connectivity index (χ4n) is 4.76. The van der Waals surface area contributed by atoms with Crippen LogP contribution in [-0.2, 0) is 14.3 Å². The number of morpholine rings is 1. The van der Waals surface area contributed by atoms with Crippen LogP contribution in [0.5, 0.6) is 5.75 Å². The molecule has 192 valence electrons. The molecule has 2 aromatic carbocycles. The van der Waals surface area contributed by atoms with E-state index in [9.17, 15) is 14.7 Å². The van der Waals surface area contributed by atoms with Crippen LogP contribution in [0.4, 0.5) is 5.69 Å². The first kappa shape index (κ1) is 25.7. The van der Waals surface area contributed by atoms with E-state index in [1.807, 2.05) is 50.2 Å². The lowest BCUT2D eigenvalue weighted by atomic mass is 9.95. The third-order valence-electron chi connectivity index (χ3n) is 6.66. The number of nitrogens with zero attached hydrogens (tertiary/aromatic N) is 3. The Morgan fingerprint density at radius 3 is 2.47 bits per heavy atom. The lowest BCUT2D eigenvalue weighted by Gasteiger charge is -2.29. The van der Waals surface area contributed by atoms with Gasteiger partial charge in [0, 0.05) is 51.5 Å². The molecule has 2 aromatic rings. The maximum atomic E-state index is 13.3. The minimum Gasteiger partial charge on any atom is -0.507 e. The van der Waals surface area contributed by atoms with Crippen LogP contribution in [0.2, 0.25) is 0 Å². The Hall–Kier alpha value is -3.36. The van der Waals surface area contributed by atoms with Gasteiger partial charge in [-0.1, -0.05) is 24.3 Å². The molecule has 2 aliphatic rings. The molecule has 0 bridgehead atoms. The van der Waals surface area contributed by atoms with Crippen LogP contribution in [0.3, 0.4) is 0 Å². The van der Waals surface area contributed by atoms with Crippen LogP contribution in [-0.4, -0.2) is 86.7 Å². The van der Waals surface area contributed by atoms with Crippen LogP contribution in [0.15, 0.2) is 54.1 Å². The third kappa shape index (κ3) is 5.55. The summed E-state index contributed by atoms with van der Waals surface area (Å²) in [5.41, 5.74) is 2.35. The normalized spacial score (nSPS) is 20.1. The SMILES string of the molecule is CCOc1cccc(/C(O)=C2\C(=O)C(=O)N(CCCN3CCOCC3)C2c2ccc(N(C)C)cc2)c1. The molecule has 1 N–H and O–H groups in total. The van der Waals surface area contributed by atoms with E-state index in [0.29, 0.717) is 37.7 Å². The third-order valence-corrected chi connectivity index (χ3v) is 6.66. The van der Waals surface area contributed by atoms with Gasteiger partial charge in [-0.05, 0) is 43.2 Å². The largest absolute Gasteiger partial charge is 0.507 e. The molecule has 1 amide bonds. The van der Waals surface area contributed by atoms with Gasteiger partial charge in [-0.3, -0.25) is 14.5 Å². The molecule has 1 atom stereocenters. The zero-order valence-electron chi connectivity index (χ0n) is 21.3. The Morgan fingerprint density at radius 2 is 1.81 bits per heavy atom. The number of likely N-dealkylation sites (tertiary alicyclic amines) is 1. The highest BCUT2D eigenvalue weighted by Gasteiger charge is 2.45. The summed E-state index contributed by atoms with van der Waals surface area (Å²) in [4.78, 5) is 32.4. The van der Waals surface area contributed by atoms with Gasteiger partial charge in [0.15, 0.2) is 0 Å². The number of anilines is 1. The monoisotopic (exact) mass is 493 g/mol. The van der Waals surface area contributed by atoms with Crippen molar-refractivity contribution in [1.29, 1.82) is 0 Å². The zero-order valence-corrected chi connectivity index (χ0v) is 21.3. The molecule has 2 saturated heterocycles. The van der Waals surface area contributed by atoms with Gasteiger partial charge < -0.3 is 24.4 Å². The molecule has 0 radical (unpaired) electrons. The summed E-state index contributed by atoms with van der Waals surface area (Å²) in [7, 11) is 3.91. The lowest BCUT2D eigenvalue weighted by molar-refractivity contribution is -0.140. The molecule has 4 rings (SSSR count). The van der Waals surface area contributed by atoms with Gasteiger partial charge in [-0.15, -0.1) is 0 Å². The minimum absolute atomic E-state index is 0.109. The number of ether oxygens (including phenoxy) is 2. The molecule has 0 aromatic heterocycles. The van der Waals surface area contributed by atoms with Gasteiger partial charge in [-0.2, -0.15) is 0 Å². The number of rotatable bonds is 9. The van der Waals surface area contributed by atoms with Crippen LogP contribution in [0.1, 0.15) is 30.5 Å². The lowest BCUT2D eigenvalue weighted by Crippen LogP contribution is -2.38. The smallest absolute Gasteiger partial charge is 0.295 e. The van der Waals surface area contributed by atoms with Crippen molar-refractivity contribution in [3.8, 4) is 5.75 Å². The van der Waals surface area contributed by atoms with E-state index in [1.165, 1.54) is 0 Å². The highest BCUT2D eigenvalue weighted by atomic mass is 16.5. The van der Waals surface area contributed by atoms with Crippen molar-refractivity contribution in [2.24, 2.45) is 0 Å². The number of Topliss-reactive ketones (excluding diaryl/α,β-unsaturated/α-hetero) is 1. The number of ketones is 1. The first-order chi connectivity index (χ1) is 17.4. The highest BCUT2D eigenvalue weighted by Crippen LogP contribution is 2.40. The number of benzene rings is 2. The topological polar surface area (TPSA) is 82.5 Å². The van der Waals surface area contributed by atoms with E-state index >= 15 is 0 Å². The van der Waals surface area contributed by atoms with Crippen molar-refractivity contribution in [2.45, 2.75) is 19.4 Å². The summed E-state index contributed by atoms with van der Waals surface area (Å²) in [5.74, 6) is -0.844. The van der Waals surface area contributed by atoms with Gasteiger partial charge in [-0.25, -0.2) is 0 Å². The van der Waals surface area contributed by atoms with Crippen molar-refractivity contribution in [3.63, 3.8) is 0 Å². The molecule has 36 heavy (non-hydrogen) atoms. The summed E-state index contributed by atoms with van der Waals surface area (Å²) in [5, 5.41) is 11.3. The quantitative estimate of drug-likeness (QED) is 0.326. The van der Waals surface area contributed by atoms with Gasteiger partial charge in [0.25, 0.3) is 11.7 Å². The van der Waals surface area contributed by atoms with Crippen molar-refractivity contribution < 1.29 is 24.2 Å². The summed E-state index contributed by atoms with van der Waals surface area (Å²) >= 11 is 0.